The largest absolute Gasteiger partial charge is 0.481 e. The Kier molecular flexibility index (Phi) is 4.27. The second-order valence-corrected chi connectivity index (χ2v) is 5.50. The highest BCUT2D eigenvalue weighted by atomic mass is 32.2. The van der Waals surface area contributed by atoms with Gasteiger partial charge in [0.2, 0.25) is 0 Å². The molecule has 0 aliphatic rings. The number of rotatable bonds is 5. The molecule has 110 valence electrons. The van der Waals surface area contributed by atoms with Gasteiger partial charge in [0.1, 0.15) is 5.69 Å². The monoisotopic (exact) mass is 307 g/mol. The molecule has 0 saturated heterocycles. The van der Waals surface area contributed by atoms with Gasteiger partial charge in [0.15, 0.2) is 5.03 Å². The molecule has 0 amide bonds. The van der Waals surface area contributed by atoms with Gasteiger partial charge >= 0.3 is 11.7 Å². The summed E-state index contributed by atoms with van der Waals surface area (Å²) in [6.45, 7) is 1.60. The second kappa shape index (κ2) is 5.96. The Labute approximate surface area is 124 Å². The summed E-state index contributed by atoms with van der Waals surface area (Å²) in [6.07, 6.45) is -0.0457. The van der Waals surface area contributed by atoms with E-state index in [2.05, 4.69) is 5.10 Å². The molecule has 1 N–H and O–H groups in total. The maximum absolute atomic E-state index is 11.1. The Morgan fingerprint density at radius 1 is 1.43 bits per heavy atom. The summed E-state index contributed by atoms with van der Waals surface area (Å²) in [4.78, 5) is 22.1. The molecule has 0 aliphatic carbocycles. The van der Waals surface area contributed by atoms with E-state index in [9.17, 15) is 14.9 Å². The maximum atomic E-state index is 11.1. The van der Waals surface area contributed by atoms with Crippen molar-refractivity contribution in [2.75, 3.05) is 0 Å². The summed E-state index contributed by atoms with van der Waals surface area (Å²) in [5.41, 5.74) is 1.05. The Morgan fingerprint density at radius 3 is 2.57 bits per heavy atom. The molecule has 8 heteroatoms. The zero-order valence-electron chi connectivity index (χ0n) is 11.4. The first-order chi connectivity index (χ1) is 9.88. The van der Waals surface area contributed by atoms with Crippen molar-refractivity contribution in [3.8, 4) is 0 Å². The molecule has 0 aliphatic heterocycles. The van der Waals surface area contributed by atoms with Gasteiger partial charge in [0.25, 0.3) is 0 Å². The van der Waals surface area contributed by atoms with Crippen molar-refractivity contribution in [3.05, 3.63) is 45.6 Å². The van der Waals surface area contributed by atoms with E-state index in [4.69, 9.17) is 5.11 Å². The van der Waals surface area contributed by atoms with Gasteiger partial charge in [0.05, 0.1) is 11.3 Å². The number of nitro groups is 1. The fourth-order valence-corrected chi connectivity index (χ4v) is 2.90. The molecule has 0 radical (unpaired) electrons. The summed E-state index contributed by atoms with van der Waals surface area (Å²) in [5, 5.41) is 24.3. The highest BCUT2D eigenvalue weighted by Gasteiger charge is 2.24. The van der Waals surface area contributed by atoms with E-state index in [0.717, 1.165) is 4.90 Å². The fourth-order valence-electron chi connectivity index (χ4n) is 1.91. The van der Waals surface area contributed by atoms with E-state index in [1.807, 2.05) is 0 Å². The molecule has 0 bridgehead atoms. The molecule has 0 unspecified atom stereocenters. The number of aryl methyl sites for hydroxylation is 2. The van der Waals surface area contributed by atoms with Crippen LogP contribution in [0, 0.1) is 17.0 Å². The minimum absolute atomic E-state index is 0.00267. The molecule has 1 heterocycles. The lowest BCUT2D eigenvalue weighted by Crippen LogP contribution is -1.99. The third-order valence-electron chi connectivity index (χ3n) is 2.81. The van der Waals surface area contributed by atoms with Crippen LogP contribution in [0.15, 0.2) is 34.2 Å². The molecule has 7 nitrogen and oxygen atoms in total. The number of carbonyl (C=O) groups is 1. The van der Waals surface area contributed by atoms with Gasteiger partial charge in [-0.2, -0.15) is 5.10 Å². The number of carboxylic acid groups (broad SMARTS) is 1. The van der Waals surface area contributed by atoms with E-state index in [-0.39, 0.29) is 12.1 Å². The Morgan fingerprint density at radius 2 is 2.05 bits per heavy atom. The molecular formula is C13H13N3O4S. The number of aromatic nitrogens is 2. The van der Waals surface area contributed by atoms with E-state index >= 15 is 0 Å². The van der Waals surface area contributed by atoms with E-state index in [0.29, 0.717) is 16.3 Å². The first-order valence-corrected chi connectivity index (χ1v) is 6.86. The fraction of sp³-hybridized carbons (Fsp3) is 0.231. The summed E-state index contributed by atoms with van der Waals surface area (Å²) in [7, 11) is 1.65. The highest BCUT2D eigenvalue weighted by molar-refractivity contribution is 7.99. The quantitative estimate of drug-likeness (QED) is 0.673. The number of benzene rings is 1. The molecular weight excluding hydrogens is 294 g/mol. The van der Waals surface area contributed by atoms with Crippen molar-refractivity contribution in [2.24, 2.45) is 7.05 Å². The molecule has 1 aromatic carbocycles. The molecule has 0 spiro atoms. The molecule has 2 aromatic rings. The molecule has 0 saturated carbocycles. The van der Waals surface area contributed by atoms with Crippen LogP contribution in [0.1, 0.15) is 11.3 Å². The first kappa shape index (κ1) is 15.0. The number of aliphatic carboxylic acids is 1. The van der Waals surface area contributed by atoms with Gasteiger partial charge in [-0.25, -0.2) is 0 Å². The summed E-state index contributed by atoms with van der Waals surface area (Å²) in [6, 6.07) is 6.89. The lowest BCUT2D eigenvalue weighted by Gasteiger charge is -2.03. The van der Waals surface area contributed by atoms with E-state index in [1.54, 1.807) is 38.2 Å². The van der Waals surface area contributed by atoms with Crippen molar-refractivity contribution in [1.29, 1.82) is 0 Å². The normalized spacial score (nSPS) is 10.6. The van der Waals surface area contributed by atoms with Crippen LogP contribution in [0.5, 0.6) is 0 Å². The smallest absolute Gasteiger partial charge is 0.324 e. The van der Waals surface area contributed by atoms with Gasteiger partial charge < -0.3 is 5.11 Å². The van der Waals surface area contributed by atoms with Crippen LogP contribution in [0.3, 0.4) is 0 Å². The average Bonchev–Trinajstić information content (AvgIpc) is 2.66. The van der Waals surface area contributed by atoms with E-state index in [1.165, 1.54) is 16.4 Å². The van der Waals surface area contributed by atoms with Gasteiger partial charge in [-0.3, -0.25) is 19.6 Å². The standard InChI is InChI=1S/C13H13N3O4S/c1-8-12(16(19)20)13(15(2)14-8)21-10-5-3-9(4-6-10)7-11(17)18/h3-6H,7H2,1-2H3,(H,17,18). The highest BCUT2D eigenvalue weighted by Crippen LogP contribution is 2.36. The molecule has 0 atom stereocenters. The zero-order chi connectivity index (χ0) is 15.6. The Bertz CT molecular complexity index is 694. The molecule has 2 rings (SSSR count). The van der Waals surface area contributed by atoms with Gasteiger partial charge in [-0.05, 0) is 24.6 Å². The van der Waals surface area contributed by atoms with Crippen LogP contribution in [0.25, 0.3) is 0 Å². The Hall–Kier alpha value is -2.35. The van der Waals surface area contributed by atoms with Gasteiger partial charge in [0, 0.05) is 11.9 Å². The van der Waals surface area contributed by atoms with Crippen LogP contribution in [-0.4, -0.2) is 25.8 Å². The van der Waals surface area contributed by atoms with Crippen LogP contribution in [0.2, 0.25) is 0 Å². The van der Waals surface area contributed by atoms with Crippen LogP contribution in [0.4, 0.5) is 5.69 Å². The average molecular weight is 307 g/mol. The summed E-state index contributed by atoms with van der Waals surface area (Å²) >= 11 is 1.23. The zero-order valence-corrected chi connectivity index (χ0v) is 12.3. The first-order valence-electron chi connectivity index (χ1n) is 6.05. The molecule has 21 heavy (non-hydrogen) atoms. The lowest BCUT2D eigenvalue weighted by molar-refractivity contribution is -0.388. The molecule has 0 fully saturated rings. The number of hydrogen-bond acceptors (Lipinski definition) is 5. The summed E-state index contributed by atoms with van der Waals surface area (Å²) in [5.74, 6) is -0.895. The minimum atomic E-state index is -0.895. The third-order valence-corrected chi connectivity index (χ3v) is 3.97. The predicted molar refractivity (Wildman–Crippen MR) is 76.5 cm³/mol. The van der Waals surface area contributed by atoms with Crippen LogP contribution < -0.4 is 0 Å². The van der Waals surface area contributed by atoms with Gasteiger partial charge in [-0.15, -0.1) is 0 Å². The predicted octanol–water partition coefficient (Wildman–Crippen LogP) is 2.42. The van der Waals surface area contributed by atoms with Crippen LogP contribution in [-0.2, 0) is 18.3 Å². The van der Waals surface area contributed by atoms with Crippen molar-refractivity contribution < 1.29 is 14.8 Å². The minimum Gasteiger partial charge on any atom is -0.481 e. The van der Waals surface area contributed by atoms with Crippen LogP contribution >= 0.6 is 11.8 Å². The van der Waals surface area contributed by atoms with E-state index < -0.39 is 10.9 Å². The third kappa shape index (κ3) is 3.40. The van der Waals surface area contributed by atoms with Gasteiger partial charge in [-0.1, -0.05) is 23.9 Å². The summed E-state index contributed by atoms with van der Waals surface area (Å²) < 4.78 is 1.48. The van der Waals surface area contributed by atoms with Crippen molar-refractivity contribution in [1.82, 2.24) is 9.78 Å². The number of carboxylic acids is 1. The van der Waals surface area contributed by atoms with Crippen molar-refractivity contribution >= 4 is 23.4 Å². The SMILES string of the molecule is Cc1nn(C)c(Sc2ccc(CC(=O)O)cc2)c1[N+](=O)[O-]. The second-order valence-electron chi connectivity index (χ2n) is 4.44. The maximum Gasteiger partial charge on any atom is 0.324 e. The van der Waals surface area contributed by atoms with Crippen molar-refractivity contribution in [2.45, 2.75) is 23.3 Å². The molecule has 1 aromatic heterocycles. The lowest BCUT2D eigenvalue weighted by atomic mass is 10.2. The number of hydrogen-bond donors (Lipinski definition) is 1. The Balaban J connectivity index is 2.26. The number of nitrogens with zero attached hydrogens (tertiary/aromatic N) is 3. The topological polar surface area (TPSA) is 98.3 Å². The van der Waals surface area contributed by atoms with Crippen molar-refractivity contribution in [3.63, 3.8) is 0 Å².